The van der Waals surface area contributed by atoms with Gasteiger partial charge in [0.15, 0.2) is 0 Å². The van der Waals surface area contributed by atoms with E-state index in [0.29, 0.717) is 5.92 Å². The number of piperidine rings is 1. The number of nitrogens with two attached hydrogens (primary N) is 1. The molecule has 4 heteroatoms. The Kier molecular flexibility index (Phi) is 13.6. The lowest BCUT2D eigenvalue weighted by Gasteiger charge is -2.34. The number of nitrogens with zero attached hydrogens (tertiary/aromatic N) is 1. The van der Waals surface area contributed by atoms with Gasteiger partial charge in [-0.3, -0.25) is 0 Å². The molecule has 0 saturated carbocycles. The van der Waals surface area contributed by atoms with Gasteiger partial charge in [0, 0.05) is 0 Å². The molecule has 4 N–H and O–H groups in total. The number of rotatable bonds is 16. The predicted octanol–water partition coefficient (Wildman–Crippen LogP) is 4.08. The first-order valence-electron chi connectivity index (χ1n) is 11.4. The Morgan fingerprint density at radius 2 is 1.35 bits per heavy atom. The molecule has 1 saturated heterocycles. The Labute approximate surface area is 162 Å². The summed E-state index contributed by atoms with van der Waals surface area (Å²) in [6.45, 7) is 5.71. The van der Waals surface area contributed by atoms with E-state index in [1.165, 1.54) is 96.7 Å². The van der Waals surface area contributed by atoms with Gasteiger partial charge in [0.1, 0.15) is 0 Å². The van der Waals surface area contributed by atoms with Crippen LogP contribution in [0.2, 0.25) is 0 Å². The summed E-state index contributed by atoms with van der Waals surface area (Å²) in [5, 5.41) is 18.6. The maximum absolute atomic E-state index is 9.29. The number of unbranched alkanes of at least 4 members (excludes halogenated alkanes) is 9. The van der Waals surface area contributed by atoms with Crippen molar-refractivity contribution in [2.45, 2.75) is 102 Å². The van der Waals surface area contributed by atoms with Gasteiger partial charge in [-0.05, 0) is 57.7 Å². The molecular weight excluding hydrogens is 324 g/mol. The third kappa shape index (κ3) is 10.9. The maximum Gasteiger partial charge on any atom is 0.0633 e. The molecule has 1 aliphatic heterocycles. The van der Waals surface area contributed by atoms with Gasteiger partial charge in [0.2, 0.25) is 0 Å². The van der Waals surface area contributed by atoms with Crippen molar-refractivity contribution in [2.75, 3.05) is 32.8 Å². The molecule has 0 unspecified atom stereocenters. The van der Waals surface area contributed by atoms with Crippen LogP contribution in [0.1, 0.15) is 96.8 Å². The zero-order chi connectivity index (χ0) is 19.1. The number of aliphatic hydroxyl groups excluding tert-OH is 2. The first kappa shape index (κ1) is 23.9. The molecule has 1 rings (SSSR count). The van der Waals surface area contributed by atoms with Crippen LogP contribution in [0, 0.1) is 5.92 Å². The summed E-state index contributed by atoms with van der Waals surface area (Å²) in [6, 6.07) is 0. The van der Waals surface area contributed by atoms with Crippen LogP contribution in [0.3, 0.4) is 0 Å². The lowest BCUT2D eigenvalue weighted by molar-refractivity contribution is 0.101. The normalized spacial score (nSPS) is 17.1. The quantitative estimate of drug-likeness (QED) is 0.358. The standard InChI is InChI=1S/C22H46N2O2/c1-2-3-4-5-6-7-8-9-10-11-16-24-17-13-21(14-18-24)12-15-22(23,19-25)20-26/h21,25-26H,2-20,23H2,1H3. The first-order valence-corrected chi connectivity index (χ1v) is 11.4. The minimum atomic E-state index is -0.785. The van der Waals surface area contributed by atoms with E-state index in [9.17, 15) is 10.2 Å². The van der Waals surface area contributed by atoms with Crippen LogP contribution in [-0.4, -0.2) is 53.5 Å². The molecule has 0 aromatic heterocycles. The van der Waals surface area contributed by atoms with E-state index in [1.54, 1.807) is 0 Å². The van der Waals surface area contributed by atoms with Crippen LogP contribution < -0.4 is 5.73 Å². The van der Waals surface area contributed by atoms with Crippen LogP contribution in [0.15, 0.2) is 0 Å². The van der Waals surface area contributed by atoms with Gasteiger partial charge < -0.3 is 20.8 Å². The molecule has 26 heavy (non-hydrogen) atoms. The topological polar surface area (TPSA) is 69.7 Å². The second-order valence-corrected chi connectivity index (χ2v) is 8.68. The summed E-state index contributed by atoms with van der Waals surface area (Å²) >= 11 is 0. The lowest BCUT2D eigenvalue weighted by Crippen LogP contribution is -2.47. The summed E-state index contributed by atoms with van der Waals surface area (Å²) in [6.07, 6.45) is 18.3. The van der Waals surface area contributed by atoms with E-state index in [0.717, 1.165) is 12.8 Å². The molecule has 1 aliphatic rings. The van der Waals surface area contributed by atoms with Crippen molar-refractivity contribution in [1.29, 1.82) is 0 Å². The third-order valence-electron chi connectivity index (χ3n) is 6.22. The summed E-state index contributed by atoms with van der Waals surface area (Å²) in [4.78, 5) is 2.62. The first-order chi connectivity index (χ1) is 12.6. The monoisotopic (exact) mass is 370 g/mol. The van der Waals surface area contributed by atoms with E-state index in [-0.39, 0.29) is 13.2 Å². The Bertz CT molecular complexity index is 313. The number of aliphatic hydroxyl groups is 2. The molecule has 156 valence electrons. The average Bonchev–Trinajstić information content (AvgIpc) is 2.68. The van der Waals surface area contributed by atoms with Gasteiger partial charge in [-0.25, -0.2) is 0 Å². The van der Waals surface area contributed by atoms with Crippen molar-refractivity contribution < 1.29 is 10.2 Å². The van der Waals surface area contributed by atoms with E-state index >= 15 is 0 Å². The number of likely N-dealkylation sites (tertiary alicyclic amines) is 1. The maximum atomic E-state index is 9.29. The summed E-state index contributed by atoms with van der Waals surface area (Å²) in [5.74, 6) is 0.708. The molecule has 0 aromatic rings. The molecule has 0 amide bonds. The molecule has 0 bridgehead atoms. The van der Waals surface area contributed by atoms with E-state index in [1.807, 2.05) is 0 Å². The van der Waals surface area contributed by atoms with Gasteiger partial charge >= 0.3 is 0 Å². The third-order valence-corrected chi connectivity index (χ3v) is 6.22. The SMILES string of the molecule is CCCCCCCCCCCCN1CCC(CCC(N)(CO)CO)CC1. The van der Waals surface area contributed by atoms with Crippen molar-refractivity contribution in [3.8, 4) is 0 Å². The summed E-state index contributed by atoms with van der Waals surface area (Å²) in [7, 11) is 0. The molecule has 0 atom stereocenters. The molecule has 0 spiro atoms. The van der Waals surface area contributed by atoms with Gasteiger partial charge in [0.25, 0.3) is 0 Å². The Hall–Kier alpha value is -0.160. The van der Waals surface area contributed by atoms with Crippen molar-refractivity contribution >= 4 is 0 Å². The Morgan fingerprint density at radius 3 is 1.85 bits per heavy atom. The van der Waals surface area contributed by atoms with Crippen molar-refractivity contribution in [1.82, 2.24) is 4.90 Å². The second kappa shape index (κ2) is 14.8. The highest BCUT2D eigenvalue weighted by Crippen LogP contribution is 2.24. The zero-order valence-electron chi connectivity index (χ0n) is 17.4. The Morgan fingerprint density at radius 1 is 0.846 bits per heavy atom. The minimum Gasteiger partial charge on any atom is -0.394 e. The van der Waals surface area contributed by atoms with Gasteiger partial charge in [0.05, 0.1) is 18.8 Å². The van der Waals surface area contributed by atoms with E-state index in [4.69, 9.17) is 5.73 Å². The van der Waals surface area contributed by atoms with Crippen molar-refractivity contribution in [2.24, 2.45) is 11.7 Å². The average molecular weight is 371 g/mol. The number of hydrogen-bond donors (Lipinski definition) is 3. The summed E-state index contributed by atoms with van der Waals surface area (Å²) in [5.41, 5.74) is 5.19. The molecular formula is C22H46N2O2. The highest BCUT2D eigenvalue weighted by atomic mass is 16.3. The highest BCUT2D eigenvalue weighted by molar-refractivity contribution is 4.84. The number of hydrogen-bond acceptors (Lipinski definition) is 4. The fourth-order valence-electron chi connectivity index (χ4n) is 4.02. The molecule has 1 heterocycles. The van der Waals surface area contributed by atoms with Crippen LogP contribution >= 0.6 is 0 Å². The zero-order valence-corrected chi connectivity index (χ0v) is 17.4. The van der Waals surface area contributed by atoms with Gasteiger partial charge in [-0.15, -0.1) is 0 Å². The van der Waals surface area contributed by atoms with Gasteiger partial charge in [-0.1, -0.05) is 64.7 Å². The molecule has 0 aromatic carbocycles. The fourth-order valence-corrected chi connectivity index (χ4v) is 4.02. The van der Waals surface area contributed by atoms with Gasteiger partial charge in [-0.2, -0.15) is 0 Å². The lowest BCUT2D eigenvalue weighted by atomic mass is 9.86. The minimum absolute atomic E-state index is 0.124. The summed E-state index contributed by atoms with van der Waals surface area (Å²) < 4.78 is 0. The largest absolute Gasteiger partial charge is 0.394 e. The Balaban J connectivity index is 1.94. The van der Waals surface area contributed by atoms with Crippen molar-refractivity contribution in [3.63, 3.8) is 0 Å². The molecule has 4 nitrogen and oxygen atoms in total. The predicted molar refractivity (Wildman–Crippen MR) is 111 cm³/mol. The molecule has 0 radical (unpaired) electrons. The highest BCUT2D eigenvalue weighted by Gasteiger charge is 2.26. The van der Waals surface area contributed by atoms with Crippen LogP contribution in [-0.2, 0) is 0 Å². The molecule has 0 aliphatic carbocycles. The second-order valence-electron chi connectivity index (χ2n) is 8.68. The van der Waals surface area contributed by atoms with Crippen LogP contribution in [0.25, 0.3) is 0 Å². The van der Waals surface area contributed by atoms with Crippen LogP contribution in [0.4, 0.5) is 0 Å². The fraction of sp³-hybridized carbons (Fsp3) is 1.00. The van der Waals surface area contributed by atoms with Crippen molar-refractivity contribution in [3.05, 3.63) is 0 Å². The van der Waals surface area contributed by atoms with E-state index < -0.39 is 5.54 Å². The van der Waals surface area contributed by atoms with Crippen LogP contribution in [0.5, 0.6) is 0 Å². The smallest absolute Gasteiger partial charge is 0.0633 e. The molecule has 1 fully saturated rings. The van der Waals surface area contributed by atoms with E-state index in [2.05, 4.69) is 11.8 Å².